The molecule has 0 saturated heterocycles. The molecule has 19 heavy (non-hydrogen) atoms. The molecule has 0 saturated carbocycles. The summed E-state index contributed by atoms with van der Waals surface area (Å²) in [7, 11) is 0. The van der Waals surface area contributed by atoms with Crippen molar-refractivity contribution in [3.63, 3.8) is 0 Å². The third-order valence-corrected chi connectivity index (χ3v) is 3.16. The zero-order valence-electron chi connectivity index (χ0n) is 10.1. The van der Waals surface area contributed by atoms with E-state index < -0.39 is 11.7 Å². The van der Waals surface area contributed by atoms with Gasteiger partial charge in [0.05, 0.1) is 16.4 Å². The number of hydrogen-bond donors (Lipinski definition) is 2. The van der Waals surface area contributed by atoms with E-state index >= 15 is 0 Å². The first-order chi connectivity index (χ1) is 8.97. The van der Waals surface area contributed by atoms with Crippen LogP contribution in [0.25, 0.3) is 0 Å². The number of nitrogens with two attached hydrogens (primary N) is 1. The Morgan fingerprint density at radius 2 is 2.16 bits per heavy atom. The maximum atomic E-state index is 13.4. The van der Waals surface area contributed by atoms with Crippen LogP contribution in [-0.4, -0.2) is 10.9 Å². The molecule has 0 unspecified atom stereocenters. The third-order valence-electron chi connectivity index (χ3n) is 2.51. The van der Waals surface area contributed by atoms with Gasteiger partial charge in [-0.2, -0.15) is 0 Å². The predicted octanol–water partition coefficient (Wildman–Crippen LogP) is 3.13. The molecule has 98 valence electrons. The van der Waals surface area contributed by atoms with Crippen molar-refractivity contribution in [2.45, 2.75) is 6.92 Å². The highest BCUT2D eigenvalue weighted by Gasteiger charge is 2.11. The summed E-state index contributed by atoms with van der Waals surface area (Å²) in [5.41, 5.74) is 7.06. The standard InChI is InChI=1S/C13H11BrFN3O/c1-7-4-9(16)6-17-12(7)18-13(19)8-2-3-10(14)11(15)5-8/h2-6H,16H2,1H3,(H,17,18,19). The minimum atomic E-state index is -0.491. The monoisotopic (exact) mass is 323 g/mol. The van der Waals surface area contributed by atoms with Gasteiger partial charge in [-0.1, -0.05) is 0 Å². The van der Waals surface area contributed by atoms with E-state index in [1.165, 1.54) is 18.3 Å². The molecule has 0 bridgehead atoms. The molecule has 1 amide bonds. The van der Waals surface area contributed by atoms with Gasteiger partial charge in [-0.15, -0.1) is 0 Å². The van der Waals surface area contributed by atoms with Crippen molar-refractivity contribution in [3.8, 4) is 0 Å². The lowest BCUT2D eigenvalue weighted by atomic mass is 10.2. The lowest BCUT2D eigenvalue weighted by molar-refractivity contribution is 0.102. The number of aromatic nitrogens is 1. The van der Waals surface area contributed by atoms with Crippen LogP contribution in [-0.2, 0) is 0 Å². The Balaban J connectivity index is 2.23. The van der Waals surface area contributed by atoms with Crippen LogP contribution in [0.15, 0.2) is 34.9 Å². The molecular weight excluding hydrogens is 313 g/mol. The smallest absolute Gasteiger partial charge is 0.256 e. The highest BCUT2D eigenvalue weighted by Crippen LogP contribution is 2.18. The van der Waals surface area contributed by atoms with Gasteiger partial charge in [-0.3, -0.25) is 4.79 Å². The fraction of sp³-hybridized carbons (Fsp3) is 0.0769. The first kappa shape index (κ1) is 13.5. The van der Waals surface area contributed by atoms with Crippen molar-refractivity contribution in [3.05, 3.63) is 51.9 Å². The Morgan fingerprint density at radius 3 is 2.79 bits per heavy atom. The number of aryl methyl sites for hydroxylation is 1. The lowest BCUT2D eigenvalue weighted by Gasteiger charge is -2.08. The van der Waals surface area contributed by atoms with Gasteiger partial charge in [0.1, 0.15) is 11.6 Å². The Labute approximate surface area is 118 Å². The molecule has 2 rings (SSSR count). The van der Waals surface area contributed by atoms with Gasteiger partial charge in [0.15, 0.2) is 0 Å². The van der Waals surface area contributed by atoms with E-state index in [1.807, 2.05) is 0 Å². The lowest BCUT2D eigenvalue weighted by Crippen LogP contribution is -2.14. The number of amides is 1. The zero-order chi connectivity index (χ0) is 14.0. The molecule has 1 heterocycles. The number of carbonyl (C=O) groups excluding carboxylic acids is 1. The summed E-state index contributed by atoms with van der Waals surface area (Å²) < 4.78 is 13.7. The molecule has 1 aromatic carbocycles. The Hall–Kier alpha value is -1.95. The molecule has 6 heteroatoms. The summed E-state index contributed by atoms with van der Waals surface area (Å²) >= 11 is 3.03. The number of pyridine rings is 1. The molecule has 0 aliphatic rings. The van der Waals surface area contributed by atoms with Crippen molar-refractivity contribution in [1.82, 2.24) is 4.98 Å². The molecule has 3 N–H and O–H groups in total. The first-order valence-electron chi connectivity index (χ1n) is 5.46. The second-order valence-corrected chi connectivity index (χ2v) is 4.87. The van der Waals surface area contributed by atoms with Crippen LogP contribution in [0.5, 0.6) is 0 Å². The minimum absolute atomic E-state index is 0.221. The Bertz CT molecular complexity index is 646. The van der Waals surface area contributed by atoms with E-state index in [0.29, 0.717) is 16.0 Å². The van der Waals surface area contributed by atoms with Gasteiger partial charge in [-0.05, 0) is 52.7 Å². The molecular formula is C13H11BrFN3O. The molecule has 0 atom stereocenters. The van der Waals surface area contributed by atoms with Crippen LogP contribution in [0.2, 0.25) is 0 Å². The summed E-state index contributed by atoms with van der Waals surface area (Å²) in [6.45, 7) is 1.78. The highest BCUT2D eigenvalue weighted by molar-refractivity contribution is 9.10. The second kappa shape index (κ2) is 5.36. The number of hydrogen-bond acceptors (Lipinski definition) is 3. The molecule has 4 nitrogen and oxygen atoms in total. The Kier molecular flexibility index (Phi) is 3.80. The van der Waals surface area contributed by atoms with Crippen LogP contribution in [0.4, 0.5) is 15.9 Å². The highest BCUT2D eigenvalue weighted by atomic mass is 79.9. The van der Waals surface area contributed by atoms with Gasteiger partial charge < -0.3 is 11.1 Å². The molecule has 0 aliphatic heterocycles. The normalized spacial score (nSPS) is 10.3. The predicted molar refractivity (Wildman–Crippen MR) is 75.4 cm³/mol. The van der Waals surface area contributed by atoms with Crippen molar-refractivity contribution in [2.24, 2.45) is 0 Å². The van der Waals surface area contributed by atoms with Gasteiger partial charge in [-0.25, -0.2) is 9.37 Å². The number of halogens is 2. The van der Waals surface area contributed by atoms with Crippen LogP contribution < -0.4 is 11.1 Å². The van der Waals surface area contributed by atoms with Gasteiger partial charge in [0, 0.05) is 5.56 Å². The zero-order valence-corrected chi connectivity index (χ0v) is 11.7. The number of nitrogens with zero attached hydrogens (tertiary/aromatic N) is 1. The quantitative estimate of drug-likeness (QED) is 0.892. The number of nitrogen functional groups attached to an aromatic ring is 1. The maximum Gasteiger partial charge on any atom is 0.256 e. The van der Waals surface area contributed by atoms with Gasteiger partial charge in [0.25, 0.3) is 5.91 Å². The maximum absolute atomic E-state index is 13.4. The molecule has 0 radical (unpaired) electrons. The van der Waals surface area contributed by atoms with Crippen molar-refractivity contribution in [2.75, 3.05) is 11.1 Å². The second-order valence-electron chi connectivity index (χ2n) is 4.02. The van der Waals surface area contributed by atoms with E-state index in [-0.39, 0.29) is 5.56 Å². The van der Waals surface area contributed by atoms with Crippen LogP contribution >= 0.6 is 15.9 Å². The summed E-state index contributed by atoms with van der Waals surface area (Å²) in [4.78, 5) is 16.0. The average molecular weight is 324 g/mol. The van der Waals surface area contributed by atoms with Crippen molar-refractivity contribution in [1.29, 1.82) is 0 Å². The largest absolute Gasteiger partial charge is 0.397 e. The van der Waals surface area contributed by atoms with Gasteiger partial charge >= 0.3 is 0 Å². The number of rotatable bonds is 2. The first-order valence-corrected chi connectivity index (χ1v) is 6.25. The molecule has 1 aromatic heterocycles. The van der Waals surface area contributed by atoms with E-state index in [9.17, 15) is 9.18 Å². The fourth-order valence-corrected chi connectivity index (χ4v) is 1.79. The average Bonchev–Trinajstić information content (AvgIpc) is 2.36. The third kappa shape index (κ3) is 3.08. The molecule has 2 aromatic rings. The topological polar surface area (TPSA) is 68.0 Å². The molecule has 0 spiro atoms. The number of benzene rings is 1. The molecule has 0 aliphatic carbocycles. The minimum Gasteiger partial charge on any atom is -0.397 e. The van der Waals surface area contributed by atoms with Crippen LogP contribution in [0.1, 0.15) is 15.9 Å². The summed E-state index contributed by atoms with van der Waals surface area (Å²) in [6, 6.07) is 5.86. The number of nitrogens with one attached hydrogen (secondary N) is 1. The van der Waals surface area contributed by atoms with Crippen molar-refractivity contribution >= 4 is 33.3 Å². The number of carbonyl (C=O) groups is 1. The summed E-state index contributed by atoms with van der Waals surface area (Å²) in [5.74, 6) is -0.510. The van der Waals surface area contributed by atoms with Crippen LogP contribution in [0.3, 0.4) is 0 Å². The fourth-order valence-electron chi connectivity index (χ4n) is 1.54. The van der Waals surface area contributed by atoms with Crippen molar-refractivity contribution < 1.29 is 9.18 Å². The van der Waals surface area contributed by atoms with E-state index in [4.69, 9.17) is 5.73 Å². The number of anilines is 2. The SMILES string of the molecule is Cc1cc(N)cnc1NC(=O)c1ccc(Br)c(F)c1. The Morgan fingerprint density at radius 1 is 1.42 bits per heavy atom. The van der Waals surface area contributed by atoms with E-state index in [1.54, 1.807) is 13.0 Å². The summed E-state index contributed by atoms with van der Waals surface area (Å²) in [5, 5.41) is 2.61. The van der Waals surface area contributed by atoms with Crippen LogP contribution in [0, 0.1) is 12.7 Å². The van der Waals surface area contributed by atoms with E-state index in [0.717, 1.165) is 11.6 Å². The van der Waals surface area contributed by atoms with Gasteiger partial charge in [0.2, 0.25) is 0 Å². The molecule has 0 fully saturated rings. The van der Waals surface area contributed by atoms with E-state index in [2.05, 4.69) is 26.2 Å². The summed E-state index contributed by atoms with van der Waals surface area (Å²) in [6.07, 6.45) is 1.45.